The van der Waals surface area contributed by atoms with Crippen molar-refractivity contribution in [3.63, 3.8) is 0 Å². The van der Waals surface area contributed by atoms with Crippen LogP contribution in [0.1, 0.15) is 167 Å². The molecule has 26 nitrogen and oxygen atoms in total. The number of hydroxylamine groups is 2. The van der Waals surface area contributed by atoms with Crippen LogP contribution in [0, 0.1) is 27.7 Å². The van der Waals surface area contributed by atoms with Gasteiger partial charge in [-0.3, -0.25) is 9.68 Å². The van der Waals surface area contributed by atoms with E-state index in [1.54, 1.807) is 6.92 Å². The first kappa shape index (κ1) is 86.2. The molecule has 3 aliphatic rings. The summed E-state index contributed by atoms with van der Waals surface area (Å²) in [6.07, 6.45) is 22.0. The first-order valence-electron chi connectivity index (χ1n) is 34.3. The van der Waals surface area contributed by atoms with Crippen molar-refractivity contribution in [3.8, 4) is 11.5 Å². The predicted molar refractivity (Wildman–Crippen MR) is 394 cm³/mol. The fourth-order valence-electron chi connectivity index (χ4n) is 10.9. The molecule has 0 saturated heterocycles. The molecule has 0 aliphatic carbocycles. The number of carbonyl (C=O) groups excluding carboxylic acids is 7. The lowest BCUT2D eigenvalue weighted by Crippen LogP contribution is -2.34. The van der Waals surface area contributed by atoms with Gasteiger partial charge in [0.05, 0.1) is 61.7 Å². The second kappa shape index (κ2) is 46.4. The Kier molecular flexibility index (Phi) is 38.1. The van der Waals surface area contributed by atoms with E-state index in [1.807, 2.05) is 120 Å². The summed E-state index contributed by atoms with van der Waals surface area (Å²) in [7, 11) is 4.96. The zero-order valence-corrected chi connectivity index (χ0v) is 62.9. The molecular weight excluding hydrogens is 1400 g/mol. The molecule has 7 rings (SSSR count). The highest BCUT2D eigenvalue weighted by Gasteiger charge is 2.29. The number of nitrogens with one attached hydrogen (secondary N) is 2. The number of cyclic esters (lactones) is 3. The molecule has 0 bridgehead atoms. The third kappa shape index (κ3) is 30.7. The highest BCUT2D eigenvalue weighted by Crippen LogP contribution is 2.38. The minimum atomic E-state index is -0.835. The van der Waals surface area contributed by atoms with Crippen molar-refractivity contribution in [3.05, 3.63) is 174 Å². The largest absolute Gasteiger partial charge is 0.507 e. The lowest BCUT2D eigenvalue weighted by atomic mass is 9.92. The molecule has 105 heavy (non-hydrogen) atoms. The number of nitrogens with zero attached hydrogens (tertiary/aromatic N) is 3. The minimum Gasteiger partial charge on any atom is -0.507 e. The van der Waals surface area contributed by atoms with Gasteiger partial charge >= 0.3 is 41.8 Å². The van der Waals surface area contributed by atoms with Gasteiger partial charge < -0.3 is 57.9 Å². The lowest BCUT2D eigenvalue weighted by molar-refractivity contribution is -0.150. The van der Waals surface area contributed by atoms with E-state index in [0.29, 0.717) is 85.4 Å². The molecular formula is C77H97Cl2N5O21. The third-order valence-electron chi connectivity index (χ3n) is 16.1. The zero-order valence-electron chi connectivity index (χ0n) is 61.4. The Bertz CT molecular complexity index is 3630. The van der Waals surface area contributed by atoms with Crippen LogP contribution < -0.4 is 11.0 Å². The summed E-state index contributed by atoms with van der Waals surface area (Å²) in [5, 5.41) is 33.6. The fraction of sp³-hybridized carbons (Fsp3) is 0.455. The first-order chi connectivity index (χ1) is 50.3. The normalized spacial score (nSPS) is 20.8. The maximum Gasteiger partial charge on any atom is 0.346 e. The molecule has 570 valence electrons. The number of carbonyl (C=O) groups is 7. The summed E-state index contributed by atoms with van der Waals surface area (Å²) in [6.45, 7) is 12.1. The maximum atomic E-state index is 13.2. The smallest absolute Gasteiger partial charge is 0.346 e. The van der Waals surface area contributed by atoms with Gasteiger partial charge in [0.1, 0.15) is 42.0 Å². The van der Waals surface area contributed by atoms with E-state index >= 15 is 0 Å². The quantitative estimate of drug-likeness (QED) is 0.0330. The Hall–Kier alpha value is -9.44. The van der Waals surface area contributed by atoms with Crippen LogP contribution in [0.4, 0.5) is 0 Å². The van der Waals surface area contributed by atoms with Crippen LogP contribution >= 0.6 is 23.2 Å². The summed E-state index contributed by atoms with van der Waals surface area (Å²) in [6, 6.07) is 16.1. The number of allylic oxidation sites excluding steroid dienone is 5. The Morgan fingerprint density at radius 3 is 1.48 bits per heavy atom. The van der Waals surface area contributed by atoms with Gasteiger partial charge in [-0.2, -0.15) is 11.0 Å². The second-order valence-electron chi connectivity index (χ2n) is 24.9. The molecule has 4 N–H and O–H groups in total. The number of benzene rings is 4. The van der Waals surface area contributed by atoms with Crippen LogP contribution in [0.3, 0.4) is 0 Å². The van der Waals surface area contributed by atoms with Gasteiger partial charge in [0.25, 0.3) is 0 Å². The molecule has 0 aromatic heterocycles. The van der Waals surface area contributed by atoms with Crippen molar-refractivity contribution in [2.24, 2.45) is 15.5 Å². The highest BCUT2D eigenvalue weighted by molar-refractivity contribution is 6.34. The minimum absolute atomic E-state index is 0.0543. The monoisotopic (exact) mass is 1500 g/mol. The second-order valence-corrected chi connectivity index (χ2v) is 25.7. The van der Waals surface area contributed by atoms with Crippen LogP contribution in [-0.4, -0.2) is 154 Å². The Morgan fingerprint density at radius 2 is 0.962 bits per heavy atom. The van der Waals surface area contributed by atoms with Crippen LogP contribution in [0.5, 0.6) is 11.5 Å². The highest BCUT2D eigenvalue weighted by atomic mass is 35.5. The molecule has 0 amide bonds. The molecule has 0 radical (unpaired) electrons. The van der Waals surface area contributed by atoms with Crippen LogP contribution in [0.25, 0.3) is 0 Å². The molecule has 28 heteroatoms. The van der Waals surface area contributed by atoms with Crippen molar-refractivity contribution in [1.29, 1.82) is 0 Å². The van der Waals surface area contributed by atoms with Crippen molar-refractivity contribution in [1.82, 2.24) is 11.0 Å². The average Bonchev–Trinajstić information content (AvgIpc) is 0.801. The zero-order chi connectivity index (χ0) is 76.8. The number of halogens is 2. The van der Waals surface area contributed by atoms with Gasteiger partial charge in [0.2, 0.25) is 13.2 Å². The SMILES string of the molecule is COC(=O)CO/N=C1/Cc2c(Cl)c(C)cc(C)c2C(=O)OC(C)C/C=C/CCC(NOCC(=O)OC)C1.COC(=O)CO/N=C1/Cc2c(Cl)c(O)cc(O)c2C(=O)OC(C)C/C=C/CCC(NOCC(=O)OC)C1.Cc1cc(C)c2c(c1)CC(=NOCc1ccccc1)/C=C/CC/C=C/C[C@@H](C)OC2=O. The number of aromatic hydroxyl groups is 2. The van der Waals surface area contributed by atoms with Crippen molar-refractivity contribution in [2.75, 3.05) is 54.9 Å². The van der Waals surface area contributed by atoms with Gasteiger partial charge in [-0.25, -0.2) is 33.6 Å². The number of rotatable bonds is 17. The van der Waals surface area contributed by atoms with Gasteiger partial charge in [0, 0.05) is 74.5 Å². The molecule has 3 heterocycles. The van der Waals surface area contributed by atoms with Crippen LogP contribution in [0.2, 0.25) is 10.0 Å². The van der Waals surface area contributed by atoms with Gasteiger partial charge in [-0.1, -0.05) is 135 Å². The van der Waals surface area contributed by atoms with Crippen molar-refractivity contribution < 1.29 is 101 Å². The summed E-state index contributed by atoms with van der Waals surface area (Å²) in [5.74, 6) is -4.93. The van der Waals surface area contributed by atoms with Gasteiger partial charge in [-0.15, -0.1) is 0 Å². The number of phenols is 2. The van der Waals surface area contributed by atoms with E-state index < -0.39 is 66.1 Å². The summed E-state index contributed by atoms with van der Waals surface area (Å²) in [5.41, 5.74) is 14.2. The Morgan fingerprint density at radius 1 is 0.505 bits per heavy atom. The number of methoxy groups -OCH3 is 4. The predicted octanol–water partition coefficient (Wildman–Crippen LogP) is 12.6. The maximum absolute atomic E-state index is 13.2. The van der Waals surface area contributed by atoms with E-state index in [0.717, 1.165) is 64.4 Å². The molecule has 4 aromatic carbocycles. The number of esters is 7. The summed E-state index contributed by atoms with van der Waals surface area (Å²) in [4.78, 5) is 112. The average molecular weight is 1500 g/mol. The molecule has 3 aliphatic heterocycles. The van der Waals surface area contributed by atoms with E-state index in [1.165, 1.54) is 28.4 Å². The fourth-order valence-corrected chi connectivity index (χ4v) is 11.4. The molecule has 4 aromatic rings. The number of phenolic OH excluding ortho intramolecular Hbond substituents is 2. The van der Waals surface area contributed by atoms with E-state index in [4.69, 9.17) is 61.6 Å². The topological polar surface area (TPSA) is 332 Å². The number of oxime groups is 3. The molecule has 5 atom stereocenters. The van der Waals surface area contributed by atoms with E-state index in [9.17, 15) is 43.8 Å². The van der Waals surface area contributed by atoms with Crippen molar-refractivity contribution in [2.45, 2.75) is 175 Å². The van der Waals surface area contributed by atoms with E-state index in [2.05, 4.69) is 63.6 Å². The van der Waals surface area contributed by atoms with Gasteiger partial charge in [-0.05, 0) is 132 Å². The number of fused-ring (bicyclic) bond motifs is 3. The lowest BCUT2D eigenvalue weighted by Gasteiger charge is -2.22. The standard InChI is InChI=1S/C27H31NO3.C26H35ClN2O8.C24H31ClN2O10/c1-20-16-21(2)26-24(17-20)18-25(28-30-19-23-13-9-7-10-14-23)15-11-6-4-5-8-12-22(3)31-27(26)29;1-16-11-17(2)25(27)21-13-20(29-36-15-23(31)34-5)12-19(28-35-14-22(30)33-4)10-8-6-7-9-18(3)37-26(32)24(16)21;1-14-7-5-4-6-8-15(26-35-12-20(30)33-2)9-16(27-36-13-21(31)34-3)10-17-22(24(32)37-14)18(28)11-19(29)23(17)25/h5,7-11,13-17,22H,4,6,12,18-19H2,1-3H3;6-7,11,18-19,28H,8-10,12-15H2,1-5H3;4-5,11,14-15,26,28-29H,6-10,12-13H2,1-3H3/b8-5+,15-11+,28-25?;7-6+,29-20+;5-4+,27-16+/t22-;;/m1../s1. The first-order valence-corrected chi connectivity index (χ1v) is 35.1. The molecule has 0 saturated carbocycles. The molecule has 0 spiro atoms. The Balaban J connectivity index is 0.000000284. The number of aryl methyl sites for hydroxylation is 4. The molecule has 0 fully saturated rings. The third-order valence-corrected chi connectivity index (χ3v) is 17.1. The molecule has 4 unspecified atom stereocenters. The van der Waals surface area contributed by atoms with Crippen LogP contribution in [-0.2, 0) is 102 Å². The van der Waals surface area contributed by atoms with Crippen molar-refractivity contribution >= 4 is 82.1 Å². The number of hydrogen-bond acceptors (Lipinski definition) is 26. The number of ether oxygens (including phenoxy) is 7. The number of hydrogen-bond donors (Lipinski definition) is 4. The van der Waals surface area contributed by atoms with Gasteiger partial charge in [0.15, 0.2) is 13.2 Å². The Labute approximate surface area is 622 Å². The summed E-state index contributed by atoms with van der Waals surface area (Å²) < 4.78 is 35.3. The van der Waals surface area contributed by atoms with E-state index in [-0.39, 0.29) is 85.2 Å². The van der Waals surface area contributed by atoms with Crippen LogP contribution in [0.15, 0.2) is 119 Å². The summed E-state index contributed by atoms with van der Waals surface area (Å²) >= 11 is 13.0.